The second-order valence-corrected chi connectivity index (χ2v) is 1.52. The van der Waals surface area contributed by atoms with E-state index in [2.05, 4.69) is 66.5 Å². The van der Waals surface area contributed by atoms with Crippen LogP contribution in [0.5, 0.6) is 0 Å². The molecule has 0 saturated carbocycles. The molecule has 0 aromatic heterocycles. The van der Waals surface area contributed by atoms with Gasteiger partial charge in [-0.15, -0.1) is 52.6 Å². The van der Waals surface area contributed by atoms with Crippen molar-refractivity contribution in [3.63, 3.8) is 0 Å². The summed E-state index contributed by atoms with van der Waals surface area (Å²) in [5.41, 5.74) is 0. The van der Waals surface area contributed by atoms with Crippen LogP contribution >= 0.6 is 0 Å². The second-order valence-electron chi connectivity index (χ2n) is 1.52. The highest BCUT2D eigenvalue weighted by atomic mass is 13.4. The lowest BCUT2D eigenvalue weighted by Gasteiger charge is -1.48. The Labute approximate surface area is 264 Å². The van der Waals surface area contributed by atoms with Crippen molar-refractivity contribution in [1.29, 1.82) is 0 Å². The summed E-state index contributed by atoms with van der Waals surface area (Å²) in [6.07, 6.45) is 4.75. The van der Waals surface area contributed by atoms with E-state index in [1.165, 1.54) is 6.42 Å². The first-order chi connectivity index (χ1) is 19.2. The largest absolute Gasteiger partial charge is 0.106 e. The molecule has 0 rings (SSSR count). The van der Waals surface area contributed by atoms with E-state index < -0.39 is 0 Å². The zero-order valence-electron chi connectivity index (χ0n) is 35.5. The van der Waals surface area contributed by atoms with E-state index in [-0.39, 0.29) is 0 Å². The minimum absolute atomic E-state index is 1.25. The Morgan fingerprint density at radius 3 is 0.282 bits per heavy atom. The van der Waals surface area contributed by atoms with Gasteiger partial charge in [0.25, 0.3) is 0 Å². The first-order valence-corrected chi connectivity index (χ1v) is 16.9. The predicted octanol–water partition coefficient (Wildman–Crippen LogP) is 18.5. The topological polar surface area (TPSA) is 0 Å². The quantitative estimate of drug-likeness (QED) is 0.253. The molecule has 0 heterocycles. The average molecular weight is 573 g/mol. The van der Waals surface area contributed by atoms with Crippen molar-refractivity contribution in [2.24, 2.45) is 0 Å². The number of rotatable bonds is 0. The van der Waals surface area contributed by atoms with Gasteiger partial charge in [-0.3, -0.25) is 0 Å². The molecule has 0 aliphatic carbocycles. The van der Waals surface area contributed by atoms with Gasteiger partial charge in [-0.25, -0.2) is 0 Å². The van der Waals surface area contributed by atoms with Crippen molar-refractivity contribution in [2.45, 2.75) is 200 Å². The van der Waals surface area contributed by atoms with Crippen molar-refractivity contribution in [3.8, 4) is 0 Å². The minimum atomic E-state index is 1.25. The fourth-order valence-corrected chi connectivity index (χ4v) is 0. The van der Waals surface area contributed by atoms with Gasteiger partial charge >= 0.3 is 0 Å². The number of allylic oxidation sites excluding steroid dienone is 2. The van der Waals surface area contributed by atoms with Crippen LogP contribution in [-0.4, -0.2) is 0 Å². The molecule has 39 heavy (non-hydrogen) atoms. The van der Waals surface area contributed by atoms with Crippen LogP contribution in [0.3, 0.4) is 0 Å². The Bertz CT molecular complexity index is 51.7. The van der Waals surface area contributed by atoms with Crippen LogP contribution in [0, 0.1) is 0 Å². The van der Waals surface area contributed by atoms with Gasteiger partial charge in [0.2, 0.25) is 0 Å². The lowest BCUT2D eigenvalue weighted by Crippen LogP contribution is -1.27. The molecule has 0 N–H and O–H groups in total. The molecular formula is C39H104. The number of hydrogen-bond donors (Lipinski definition) is 0. The molecule has 0 saturated heterocycles. The maximum atomic E-state index is 3.36. The van der Waals surface area contributed by atoms with E-state index in [4.69, 9.17) is 0 Å². The lowest BCUT2D eigenvalue weighted by atomic mass is 10.6. The standard InChI is InChI=1S/C3H8.2C3H6.12C2H6.3C2H4/c3*1-3-2;15*1-2/h3H2,1-2H3;2*3H,1H2,2H3;12*1-2H3;3*1-2H2. The van der Waals surface area contributed by atoms with Crippen molar-refractivity contribution >= 4 is 0 Å². The molecule has 260 valence electrons. The molecule has 0 aromatic carbocycles. The molecule has 0 aliphatic heterocycles. The van der Waals surface area contributed by atoms with Gasteiger partial charge in [0, 0.05) is 0 Å². The smallest absolute Gasteiger partial charge is 0.0473 e. The van der Waals surface area contributed by atoms with E-state index in [0.29, 0.717) is 0 Å². The zero-order chi connectivity index (χ0) is 38.1. The molecule has 0 aliphatic rings. The van der Waals surface area contributed by atoms with E-state index in [9.17, 15) is 0 Å². The van der Waals surface area contributed by atoms with E-state index >= 15 is 0 Å². The summed E-state index contributed by atoms with van der Waals surface area (Å²) in [6, 6.07) is 0. The average Bonchev–Trinajstić information content (AvgIpc) is 3.12. The van der Waals surface area contributed by atoms with Crippen molar-refractivity contribution in [2.75, 3.05) is 0 Å². The highest BCUT2D eigenvalue weighted by Crippen LogP contribution is 1.56. The Morgan fingerprint density at radius 1 is 0.282 bits per heavy atom. The zero-order valence-corrected chi connectivity index (χ0v) is 35.5. The molecule has 0 nitrogen and oxygen atoms in total. The maximum absolute atomic E-state index is 3.36. The van der Waals surface area contributed by atoms with Crippen LogP contribution in [0.25, 0.3) is 0 Å². The van der Waals surface area contributed by atoms with Gasteiger partial charge in [0.15, 0.2) is 0 Å². The Balaban J connectivity index is -0.00000000751. The van der Waals surface area contributed by atoms with Gasteiger partial charge in [0.1, 0.15) is 0 Å². The van der Waals surface area contributed by atoms with Crippen LogP contribution in [-0.2, 0) is 0 Å². The molecule has 0 radical (unpaired) electrons. The molecule has 0 amide bonds. The Kier molecular flexibility index (Phi) is 54300. The van der Waals surface area contributed by atoms with Gasteiger partial charge in [-0.1, -0.05) is 199 Å². The maximum Gasteiger partial charge on any atom is -0.0473 e. The first kappa shape index (κ1) is 131. The molecule has 0 atom stereocenters. The summed E-state index contributed by atoms with van der Waals surface area (Å²) in [5.74, 6) is 0. The summed E-state index contributed by atoms with van der Waals surface area (Å²) >= 11 is 0. The van der Waals surface area contributed by atoms with E-state index in [1.807, 2.05) is 180 Å². The van der Waals surface area contributed by atoms with E-state index in [1.54, 1.807) is 12.2 Å². The fraction of sp³-hybridized carbons (Fsp3) is 0.744. The van der Waals surface area contributed by atoms with Crippen LogP contribution in [0.1, 0.15) is 200 Å². The summed E-state index contributed by atoms with van der Waals surface area (Å²) in [4.78, 5) is 0. The predicted molar refractivity (Wildman–Crippen MR) is 218 cm³/mol. The second kappa shape index (κ2) is 16200. The summed E-state index contributed by atoms with van der Waals surface area (Å²) < 4.78 is 0. The van der Waals surface area contributed by atoms with Crippen LogP contribution < -0.4 is 0 Å². The highest BCUT2D eigenvalue weighted by molar-refractivity contribution is 4.52. The molecule has 0 heteroatoms. The Morgan fingerprint density at radius 2 is 0.282 bits per heavy atom. The fourth-order valence-electron chi connectivity index (χ4n) is 0. The van der Waals surface area contributed by atoms with E-state index in [0.717, 1.165) is 0 Å². The molecule has 0 spiro atoms. The lowest BCUT2D eigenvalue weighted by molar-refractivity contribution is 1.09. The third kappa shape index (κ3) is 26100. The van der Waals surface area contributed by atoms with Crippen molar-refractivity contribution in [1.82, 2.24) is 0 Å². The normalized spacial score (nSPS) is 3.28. The monoisotopic (exact) mass is 573 g/mol. The summed E-state index contributed by atoms with van der Waals surface area (Å²) in [5, 5.41) is 0. The number of hydrogen-bond acceptors (Lipinski definition) is 0. The van der Waals surface area contributed by atoms with Gasteiger partial charge in [-0.2, -0.15) is 0 Å². The van der Waals surface area contributed by atoms with Crippen LogP contribution in [0.15, 0.2) is 64.8 Å². The van der Waals surface area contributed by atoms with Crippen molar-refractivity contribution in [3.05, 3.63) is 64.8 Å². The highest BCUT2D eigenvalue weighted by Gasteiger charge is 1.35. The first-order valence-electron chi connectivity index (χ1n) is 16.9. The van der Waals surface area contributed by atoms with Crippen molar-refractivity contribution < 1.29 is 0 Å². The SMILES string of the molecule is C=C.C=C.C=C.C=CC.C=CC.CC.CC.CC.CC.CC.CC.CC.CC.CC.CC.CC.CC.CCC. The van der Waals surface area contributed by atoms with Crippen LogP contribution in [0.2, 0.25) is 0 Å². The Hall–Kier alpha value is -1.30. The molecular weight excluding hydrogens is 468 g/mol. The van der Waals surface area contributed by atoms with Crippen LogP contribution in [0.4, 0.5) is 0 Å². The van der Waals surface area contributed by atoms with Gasteiger partial charge < -0.3 is 0 Å². The summed E-state index contributed by atoms with van der Waals surface area (Å²) in [7, 11) is 0. The van der Waals surface area contributed by atoms with Gasteiger partial charge in [-0.05, 0) is 13.8 Å². The third-order valence-corrected chi connectivity index (χ3v) is 0. The van der Waals surface area contributed by atoms with Gasteiger partial charge in [0.05, 0.1) is 0 Å². The molecule has 0 fully saturated rings. The minimum Gasteiger partial charge on any atom is -0.106 e. The third-order valence-electron chi connectivity index (χ3n) is 0. The molecule has 0 aromatic rings. The molecule has 0 bridgehead atoms. The summed E-state index contributed by atoms with van der Waals surface area (Å²) in [6.45, 7) is 80.8. The molecule has 0 unspecified atom stereocenters.